The van der Waals surface area contributed by atoms with Gasteiger partial charge in [0.15, 0.2) is 0 Å². The van der Waals surface area contributed by atoms with Crippen molar-refractivity contribution in [3.63, 3.8) is 0 Å². The summed E-state index contributed by atoms with van der Waals surface area (Å²) >= 11 is 3.35. The zero-order valence-electron chi connectivity index (χ0n) is 9.43. The van der Waals surface area contributed by atoms with Crippen LogP contribution in [0.1, 0.15) is 16.1 Å². The second kappa shape index (κ2) is 5.59. The zero-order chi connectivity index (χ0) is 13.0. The number of nitrogens with one attached hydrogen (secondary N) is 1. The number of rotatable bonds is 3. The highest BCUT2D eigenvalue weighted by Crippen LogP contribution is 2.10. The summed E-state index contributed by atoms with van der Waals surface area (Å²) in [6.07, 6.45) is 2.71. The second-order valence-electron chi connectivity index (χ2n) is 3.64. The number of aromatic nitrogens is 2. The number of carbonyl (C=O) groups is 1. The summed E-state index contributed by atoms with van der Waals surface area (Å²) < 4.78 is 1.00. The van der Waals surface area contributed by atoms with E-state index in [1.807, 2.05) is 24.3 Å². The van der Waals surface area contributed by atoms with E-state index in [-0.39, 0.29) is 11.6 Å². The van der Waals surface area contributed by atoms with Crippen LogP contribution in [0.3, 0.4) is 0 Å². The van der Waals surface area contributed by atoms with Gasteiger partial charge in [-0.1, -0.05) is 28.1 Å². The Labute approximate surface area is 113 Å². The second-order valence-corrected chi connectivity index (χ2v) is 4.55. The number of halogens is 1. The first-order valence-electron chi connectivity index (χ1n) is 5.25. The van der Waals surface area contributed by atoms with Crippen LogP contribution in [0.5, 0.6) is 0 Å². The number of benzene rings is 1. The highest BCUT2D eigenvalue weighted by molar-refractivity contribution is 9.10. The fourth-order valence-electron chi connectivity index (χ4n) is 1.33. The number of nitrogens with zero attached hydrogens (tertiary/aromatic N) is 2. The van der Waals surface area contributed by atoms with Crippen LogP contribution in [0.15, 0.2) is 41.1 Å². The van der Waals surface area contributed by atoms with E-state index < -0.39 is 0 Å². The minimum atomic E-state index is -0.273. The quantitative estimate of drug-likeness (QED) is 0.905. The molecule has 0 radical (unpaired) electrons. The first-order chi connectivity index (χ1) is 8.65. The fourth-order valence-corrected chi connectivity index (χ4v) is 1.59. The lowest BCUT2D eigenvalue weighted by Crippen LogP contribution is -2.24. The summed E-state index contributed by atoms with van der Waals surface area (Å²) in [7, 11) is 0. The third-order valence-corrected chi connectivity index (χ3v) is 2.80. The molecule has 0 aliphatic rings. The van der Waals surface area contributed by atoms with Crippen molar-refractivity contribution < 1.29 is 4.79 Å². The Balaban J connectivity index is 1.96. The average molecular weight is 307 g/mol. The van der Waals surface area contributed by atoms with Gasteiger partial charge in [-0.25, -0.2) is 9.97 Å². The SMILES string of the molecule is Nc1cnc(C(=O)NCc2ccc(Br)cc2)cn1. The van der Waals surface area contributed by atoms with Gasteiger partial charge in [-0.3, -0.25) is 4.79 Å². The molecule has 2 aromatic rings. The Morgan fingerprint density at radius 3 is 2.56 bits per heavy atom. The van der Waals surface area contributed by atoms with E-state index >= 15 is 0 Å². The maximum Gasteiger partial charge on any atom is 0.271 e. The third kappa shape index (κ3) is 3.27. The van der Waals surface area contributed by atoms with Crippen molar-refractivity contribution in [2.45, 2.75) is 6.54 Å². The summed E-state index contributed by atoms with van der Waals surface area (Å²) in [4.78, 5) is 19.4. The van der Waals surface area contributed by atoms with Crippen LogP contribution in [-0.4, -0.2) is 15.9 Å². The van der Waals surface area contributed by atoms with Crippen molar-refractivity contribution in [3.05, 3.63) is 52.4 Å². The summed E-state index contributed by atoms with van der Waals surface area (Å²) in [6.45, 7) is 0.443. The van der Waals surface area contributed by atoms with Gasteiger partial charge in [-0.05, 0) is 17.7 Å². The van der Waals surface area contributed by atoms with E-state index in [4.69, 9.17) is 5.73 Å². The van der Waals surface area contributed by atoms with Gasteiger partial charge in [0.25, 0.3) is 5.91 Å². The van der Waals surface area contributed by atoms with E-state index in [1.54, 1.807) is 0 Å². The van der Waals surface area contributed by atoms with E-state index in [9.17, 15) is 4.79 Å². The standard InChI is InChI=1S/C12H11BrN4O/c13-9-3-1-8(2-4-9)5-17-12(18)10-6-16-11(14)7-15-10/h1-4,6-7H,5H2,(H2,14,16)(H,17,18). The lowest BCUT2D eigenvalue weighted by atomic mass is 10.2. The number of amides is 1. The molecule has 18 heavy (non-hydrogen) atoms. The van der Waals surface area contributed by atoms with Crippen LogP contribution in [-0.2, 0) is 6.54 Å². The normalized spacial score (nSPS) is 10.1. The largest absolute Gasteiger partial charge is 0.382 e. The molecule has 1 amide bonds. The van der Waals surface area contributed by atoms with Crippen LogP contribution >= 0.6 is 15.9 Å². The van der Waals surface area contributed by atoms with Crippen molar-refractivity contribution in [1.29, 1.82) is 0 Å². The summed E-state index contributed by atoms with van der Waals surface area (Å²) in [5.74, 6) is 0.0184. The lowest BCUT2D eigenvalue weighted by Gasteiger charge is -2.04. The van der Waals surface area contributed by atoms with Gasteiger partial charge >= 0.3 is 0 Å². The summed E-state index contributed by atoms with van der Waals surface area (Å²) in [6, 6.07) is 7.70. The monoisotopic (exact) mass is 306 g/mol. The Kier molecular flexibility index (Phi) is 3.88. The number of hydrogen-bond donors (Lipinski definition) is 2. The average Bonchev–Trinajstić information content (AvgIpc) is 2.38. The van der Waals surface area contributed by atoms with Crippen molar-refractivity contribution >= 4 is 27.7 Å². The van der Waals surface area contributed by atoms with Gasteiger partial charge in [0.05, 0.1) is 12.4 Å². The molecule has 0 atom stereocenters. The Bertz CT molecular complexity index is 539. The number of carbonyl (C=O) groups excluding carboxylic acids is 1. The van der Waals surface area contributed by atoms with Crippen molar-refractivity contribution in [2.24, 2.45) is 0 Å². The molecule has 1 aromatic heterocycles. The smallest absolute Gasteiger partial charge is 0.271 e. The zero-order valence-corrected chi connectivity index (χ0v) is 11.0. The molecule has 0 fully saturated rings. The van der Waals surface area contributed by atoms with E-state index in [0.29, 0.717) is 12.4 Å². The fraction of sp³-hybridized carbons (Fsp3) is 0.0833. The number of hydrogen-bond acceptors (Lipinski definition) is 4. The van der Waals surface area contributed by atoms with Gasteiger partial charge < -0.3 is 11.1 Å². The first-order valence-corrected chi connectivity index (χ1v) is 6.04. The van der Waals surface area contributed by atoms with Gasteiger partial charge in [0, 0.05) is 11.0 Å². The minimum Gasteiger partial charge on any atom is -0.382 e. The van der Waals surface area contributed by atoms with Crippen LogP contribution in [0, 0.1) is 0 Å². The molecule has 3 N–H and O–H groups in total. The summed E-state index contributed by atoms with van der Waals surface area (Å²) in [5.41, 5.74) is 6.66. The highest BCUT2D eigenvalue weighted by atomic mass is 79.9. The Morgan fingerprint density at radius 1 is 1.22 bits per heavy atom. The number of anilines is 1. The molecule has 1 heterocycles. The molecule has 2 rings (SSSR count). The molecule has 5 nitrogen and oxygen atoms in total. The van der Waals surface area contributed by atoms with Crippen molar-refractivity contribution in [1.82, 2.24) is 15.3 Å². The predicted octanol–water partition coefficient (Wildman–Crippen LogP) is 1.75. The van der Waals surface area contributed by atoms with Gasteiger partial charge in [0.2, 0.25) is 0 Å². The molecular formula is C12H11BrN4O. The van der Waals surface area contributed by atoms with Crippen molar-refractivity contribution in [3.8, 4) is 0 Å². The van der Waals surface area contributed by atoms with Gasteiger partial charge in [-0.2, -0.15) is 0 Å². The maximum atomic E-state index is 11.7. The molecule has 0 saturated carbocycles. The van der Waals surface area contributed by atoms with Gasteiger partial charge in [0.1, 0.15) is 11.5 Å². The van der Waals surface area contributed by atoms with Crippen LogP contribution in [0.4, 0.5) is 5.82 Å². The molecule has 0 aliphatic heterocycles. The first kappa shape index (κ1) is 12.5. The van der Waals surface area contributed by atoms with Gasteiger partial charge in [-0.15, -0.1) is 0 Å². The Morgan fingerprint density at radius 2 is 1.94 bits per heavy atom. The van der Waals surface area contributed by atoms with Crippen molar-refractivity contribution in [2.75, 3.05) is 5.73 Å². The molecular weight excluding hydrogens is 296 g/mol. The number of nitrogens with two attached hydrogens (primary N) is 1. The van der Waals surface area contributed by atoms with E-state index in [0.717, 1.165) is 10.0 Å². The van der Waals surface area contributed by atoms with E-state index in [2.05, 4.69) is 31.2 Å². The summed E-state index contributed by atoms with van der Waals surface area (Å²) in [5, 5.41) is 2.76. The molecule has 0 unspecified atom stereocenters. The molecule has 6 heteroatoms. The minimum absolute atomic E-state index is 0.251. The molecule has 0 spiro atoms. The van der Waals surface area contributed by atoms with Crippen LogP contribution in [0.2, 0.25) is 0 Å². The highest BCUT2D eigenvalue weighted by Gasteiger charge is 2.06. The molecule has 0 aliphatic carbocycles. The molecule has 0 bridgehead atoms. The molecule has 0 saturated heterocycles. The third-order valence-electron chi connectivity index (χ3n) is 2.27. The maximum absolute atomic E-state index is 11.7. The predicted molar refractivity (Wildman–Crippen MR) is 71.8 cm³/mol. The lowest BCUT2D eigenvalue weighted by molar-refractivity contribution is 0.0945. The van der Waals surface area contributed by atoms with Crippen LogP contribution < -0.4 is 11.1 Å². The topological polar surface area (TPSA) is 80.9 Å². The Hall–Kier alpha value is -1.95. The number of nitrogen functional groups attached to an aromatic ring is 1. The van der Waals surface area contributed by atoms with Crippen LogP contribution in [0.25, 0.3) is 0 Å². The van der Waals surface area contributed by atoms with E-state index in [1.165, 1.54) is 12.4 Å². The molecule has 92 valence electrons. The molecule has 1 aromatic carbocycles.